The molecular weight excluding hydrogens is 228 g/mol. The average molecular weight is 241 g/mol. The number of rotatable bonds is 2. The SMILES string of the molecule is COC(=O)C1CCC(c2cc(F)cc(F)c2)N1. The van der Waals surface area contributed by atoms with E-state index in [2.05, 4.69) is 10.1 Å². The first-order chi connectivity index (χ1) is 8.10. The molecule has 0 amide bonds. The third-order valence-electron chi connectivity index (χ3n) is 2.92. The number of nitrogens with one attached hydrogen (secondary N) is 1. The summed E-state index contributed by atoms with van der Waals surface area (Å²) in [5, 5.41) is 3.00. The second-order valence-corrected chi connectivity index (χ2v) is 4.08. The topological polar surface area (TPSA) is 38.3 Å². The zero-order valence-electron chi connectivity index (χ0n) is 9.37. The molecule has 1 aliphatic rings. The molecule has 1 aliphatic heterocycles. The van der Waals surface area contributed by atoms with Crippen molar-refractivity contribution in [2.24, 2.45) is 0 Å². The van der Waals surface area contributed by atoms with Gasteiger partial charge in [0.05, 0.1) is 7.11 Å². The van der Waals surface area contributed by atoms with Crippen molar-refractivity contribution in [2.75, 3.05) is 7.11 Å². The lowest BCUT2D eigenvalue weighted by atomic mass is 10.1. The Bertz CT molecular complexity index is 416. The van der Waals surface area contributed by atoms with Crippen LogP contribution in [-0.4, -0.2) is 19.1 Å². The van der Waals surface area contributed by atoms with Gasteiger partial charge in [-0.05, 0) is 30.5 Å². The highest BCUT2D eigenvalue weighted by Gasteiger charge is 2.30. The van der Waals surface area contributed by atoms with Crippen LogP contribution >= 0.6 is 0 Å². The summed E-state index contributed by atoms with van der Waals surface area (Å²) < 4.78 is 30.7. The molecule has 1 saturated heterocycles. The van der Waals surface area contributed by atoms with Crippen LogP contribution in [0.3, 0.4) is 0 Å². The molecular formula is C12H13F2NO2. The Morgan fingerprint density at radius 2 is 1.94 bits per heavy atom. The number of hydrogen-bond donors (Lipinski definition) is 1. The molecule has 2 unspecified atom stereocenters. The molecule has 3 nitrogen and oxygen atoms in total. The zero-order valence-corrected chi connectivity index (χ0v) is 9.37. The van der Waals surface area contributed by atoms with Gasteiger partial charge in [-0.2, -0.15) is 0 Å². The van der Waals surface area contributed by atoms with Crippen LogP contribution in [0.1, 0.15) is 24.4 Å². The predicted molar refractivity (Wildman–Crippen MR) is 57.3 cm³/mol. The second-order valence-electron chi connectivity index (χ2n) is 4.08. The number of benzene rings is 1. The van der Waals surface area contributed by atoms with E-state index < -0.39 is 17.7 Å². The van der Waals surface area contributed by atoms with Crippen molar-refractivity contribution in [3.8, 4) is 0 Å². The maximum absolute atomic E-state index is 13.0. The molecule has 0 bridgehead atoms. The molecule has 2 rings (SSSR count). The molecule has 1 fully saturated rings. The number of hydrogen-bond acceptors (Lipinski definition) is 3. The summed E-state index contributed by atoms with van der Waals surface area (Å²) in [5.74, 6) is -1.56. The van der Waals surface area contributed by atoms with Gasteiger partial charge in [0.25, 0.3) is 0 Å². The maximum Gasteiger partial charge on any atom is 0.322 e. The van der Waals surface area contributed by atoms with Crippen LogP contribution in [0.5, 0.6) is 0 Å². The van der Waals surface area contributed by atoms with Crippen molar-refractivity contribution in [3.05, 3.63) is 35.4 Å². The van der Waals surface area contributed by atoms with Gasteiger partial charge in [-0.15, -0.1) is 0 Å². The van der Waals surface area contributed by atoms with E-state index in [1.807, 2.05) is 0 Å². The minimum atomic E-state index is -0.608. The third-order valence-corrected chi connectivity index (χ3v) is 2.92. The second kappa shape index (κ2) is 4.79. The van der Waals surface area contributed by atoms with Crippen LogP contribution in [0.4, 0.5) is 8.78 Å². The van der Waals surface area contributed by atoms with E-state index in [0.29, 0.717) is 18.4 Å². The fraction of sp³-hybridized carbons (Fsp3) is 0.417. The van der Waals surface area contributed by atoms with Gasteiger partial charge in [0.2, 0.25) is 0 Å². The number of esters is 1. The van der Waals surface area contributed by atoms with E-state index in [-0.39, 0.29) is 12.0 Å². The summed E-state index contributed by atoms with van der Waals surface area (Å²) in [6.07, 6.45) is 1.26. The first kappa shape index (κ1) is 12.0. The Morgan fingerprint density at radius 1 is 1.29 bits per heavy atom. The Morgan fingerprint density at radius 3 is 2.53 bits per heavy atom. The summed E-state index contributed by atoms with van der Waals surface area (Å²) >= 11 is 0. The molecule has 0 radical (unpaired) electrons. The lowest BCUT2D eigenvalue weighted by molar-refractivity contribution is -0.142. The van der Waals surface area contributed by atoms with E-state index in [1.54, 1.807) is 0 Å². The van der Waals surface area contributed by atoms with Gasteiger partial charge in [-0.25, -0.2) is 8.78 Å². The molecule has 5 heteroatoms. The molecule has 0 aromatic heterocycles. The highest BCUT2D eigenvalue weighted by molar-refractivity contribution is 5.76. The number of carbonyl (C=O) groups is 1. The van der Waals surface area contributed by atoms with Gasteiger partial charge in [0.15, 0.2) is 0 Å². The van der Waals surface area contributed by atoms with Crippen molar-refractivity contribution in [2.45, 2.75) is 24.9 Å². The fourth-order valence-corrected chi connectivity index (χ4v) is 2.11. The molecule has 0 spiro atoms. The van der Waals surface area contributed by atoms with Crippen LogP contribution in [0.15, 0.2) is 18.2 Å². The normalized spacial score (nSPS) is 23.7. The third kappa shape index (κ3) is 2.61. The fourth-order valence-electron chi connectivity index (χ4n) is 2.11. The molecule has 1 aromatic rings. The predicted octanol–water partition coefficient (Wildman–Crippen LogP) is 1.93. The average Bonchev–Trinajstić information content (AvgIpc) is 2.76. The highest BCUT2D eigenvalue weighted by Crippen LogP contribution is 2.27. The molecule has 1 N–H and O–H groups in total. The lowest BCUT2D eigenvalue weighted by Crippen LogP contribution is -2.33. The molecule has 17 heavy (non-hydrogen) atoms. The molecule has 0 aliphatic carbocycles. The number of ether oxygens (including phenoxy) is 1. The van der Waals surface area contributed by atoms with E-state index in [9.17, 15) is 13.6 Å². The molecule has 92 valence electrons. The molecule has 0 saturated carbocycles. The highest BCUT2D eigenvalue weighted by atomic mass is 19.1. The standard InChI is InChI=1S/C12H13F2NO2/c1-17-12(16)11-3-2-10(15-11)7-4-8(13)6-9(14)5-7/h4-6,10-11,15H,2-3H2,1H3. The lowest BCUT2D eigenvalue weighted by Gasteiger charge is -2.13. The number of carbonyl (C=O) groups excluding carboxylic acids is 1. The summed E-state index contributed by atoms with van der Waals surface area (Å²) in [6, 6.07) is 2.79. The molecule has 1 heterocycles. The Balaban J connectivity index is 2.12. The first-order valence-electron chi connectivity index (χ1n) is 5.40. The van der Waals surface area contributed by atoms with Crippen LogP contribution < -0.4 is 5.32 Å². The largest absolute Gasteiger partial charge is 0.468 e. The molecule has 1 aromatic carbocycles. The van der Waals surface area contributed by atoms with Crippen molar-refractivity contribution >= 4 is 5.97 Å². The number of methoxy groups -OCH3 is 1. The van der Waals surface area contributed by atoms with Gasteiger partial charge >= 0.3 is 5.97 Å². The van der Waals surface area contributed by atoms with E-state index in [4.69, 9.17) is 0 Å². The Hall–Kier alpha value is -1.49. The molecule has 2 atom stereocenters. The summed E-state index contributed by atoms with van der Waals surface area (Å²) in [5.41, 5.74) is 0.522. The minimum Gasteiger partial charge on any atom is -0.468 e. The van der Waals surface area contributed by atoms with Gasteiger partial charge in [-0.3, -0.25) is 10.1 Å². The maximum atomic E-state index is 13.0. The van der Waals surface area contributed by atoms with Crippen molar-refractivity contribution in [3.63, 3.8) is 0 Å². The van der Waals surface area contributed by atoms with E-state index in [1.165, 1.54) is 19.2 Å². The van der Waals surface area contributed by atoms with E-state index in [0.717, 1.165) is 6.07 Å². The summed E-state index contributed by atoms with van der Waals surface area (Å²) in [7, 11) is 1.32. The smallest absolute Gasteiger partial charge is 0.322 e. The monoisotopic (exact) mass is 241 g/mol. The van der Waals surface area contributed by atoms with Crippen molar-refractivity contribution < 1.29 is 18.3 Å². The van der Waals surface area contributed by atoms with Crippen LogP contribution in [-0.2, 0) is 9.53 Å². The van der Waals surface area contributed by atoms with Crippen LogP contribution in [0.2, 0.25) is 0 Å². The number of halogens is 2. The van der Waals surface area contributed by atoms with Gasteiger partial charge in [0, 0.05) is 12.1 Å². The van der Waals surface area contributed by atoms with E-state index >= 15 is 0 Å². The van der Waals surface area contributed by atoms with Crippen molar-refractivity contribution in [1.29, 1.82) is 0 Å². The zero-order chi connectivity index (χ0) is 12.4. The van der Waals surface area contributed by atoms with Gasteiger partial charge in [-0.1, -0.05) is 0 Å². The van der Waals surface area contributed by atoms with Crippen LogP contribution in [0.25, 0.3) is 0 Å². The van der Waals surface area contributed by atoms with Crippen molar-refractivity contribution in [1.82, 2.24) is 5.32 Å². The van der Waals surface area contributed by atoms with Gasteiger partial charge < -0.3 is 4.74 Å². The summed E-state index contributed by atoms with van der Waals surface area (Å²) in [6.45, 7) is 0. The first-order valence-corrected chi connectivity index (χ1v) is 5.40. The quantitative estimate of drug-likeness (QED) is 0.804. The minimum absolute atomic E-state index is 0.204. The Labute approximate surface area is 97.8 Å². The van der Waals surface area contributed by atoms with Gasteiger partial charge in [0.1, 0.15) is 17.7 Å². The Kier molecular flexibility index (Phi) is 3.38. The summed E-state index contributed by atoms with van der Waals surface area (Å²) in [4.78, 5) is 11.3. The van der Waals surface area contributed by atoms with Crippen LogP contribution in [0, 0.1) is 11.6 Å².